The Bertz CT molecular complexity index is 395. The highest BCUT2D eigenvalue weighted by molar-refractivity contribution is 5.97. The largest absolute Gasteiger partial charge is 0.352 e. The van der Waals surface area contributed by atoms with Crippen molar-refractivity contribution in [3.05, 3.63) is 41.5 Å². The zero-order valence-electron chi connectivity index (χ0n) is 12.1. The van der Waals surface area contributed by atoms with Crippen molar-refractivity contribution in [1.29, 1.82) is 0 Å². The van der Waals surface area contributed by atoms with Crippen LogP contribution in [0.15, 0.2) is 35.9 Å². The summed E-state index contributed by atoms with van der Waals surface area (Å²) in [5.41, 5.74) is 1.99. The lowest BCUT2D eigenvalue weighted by Crippen LogP contribution is -2.25. The van der Waals surface area contributed by atoms with E-state index in [1.807, 2.05) is 36.4 Å². The minimum Gasteiger partial charge on any atom is -0.352 e. The van der Waals surface area contributed by atoms with Crippen molar-refractivity contribution in [3.8, 4) is 0 Å². The van der Waals surface area contributed by atoms with E-state index in [0.717, 1.165) is 49.8 Å². The summed E-state index contributed by atoms with van der Waals surface area (Å²) in [6.07, 6.45) is 7.17. The van der Waals surface area contributed by atoms with Crippen molar-refractivity contribution >= 4 is 12.0 Å². The molecule has 0 heterocycles. The quantitative estimate of drug-likeness (QED) is 0.551. The normalized spacial score (nSPS) is 11.4. The number of hydrogen-bond donors (Lipinski definition) is 1. The van der Waals surface area contributed by atoms with Gasteiger partial charge < -0.3 is 5.32 Å². The van der Waals surface area contributed by atoms with E-state index in [0.29, 0.717) is 0 Å². The Morgan fingerprint density at radius 1 is 1.11 bits per heavy atom. The number of hydrogen-bond acceptors (Lipinski definition) is 1. The average Bonchev–Trinajstić information content (AvgIpc) is 2.44. The molecule has 104 valence electrons. The Kier molecular flexibility index (Phi) is 7.64. The van der Waals surface area contributed by atoms with E-state index in [9.17, 15) is 4.79 Å². The molecule has 1 N–H and O–H groups in total. The molecule has 1 rings (SSSR count). The maximum absolute atomic E-state index is 12.1. The highest BCUT2D eigenvalue weighted by Gasteiger charge is 2.08. The van der Waals surface area contributed by atoms with Gasteiger partial charge in [-0.2, -0.15) is 0 Å². The molecule has 0 aliphatic rings. The second-order valence-electron chi connectivity index (χ2n) is 4.79. The molecule has 0 atom stereocenters. The number of amides is 1. The first-order valence-corrected chi connectivity index (χ1v) is 7.31. The first-order chi connectivity index (χ1) is 9.27. The van der Waals surface area contributed by atoms with Crippen LogP contribution in [0, 0.1) is 0 Å². The lowest BCUT2D eigenvalue weighted by atomic mass is 10.0. The second kappa shape index (κ2) is 9.37. The molecule has 0 aliphatic carbocycles. The van der Waals surface area contributed by atoms with Gasteiger partial charge in [0.2, 0.25) is 5.91 Å². The van der Waals surface area contributed by atoms with Crippen molar-refractivity contribution in [3.63, 3.8) is 0 Å². The molecule has 0 unspecified atom stereocenters. The first kappa shape index (κ1) is 15.5. The smallest absolute Gasteiger partial charge is 0.247 e. The number of benzene rings is 1. The van der Waals surface area contributed by atoms with Gasteiger partial charge in [0, 0.05) is 12.1 Å². The average molecular weight is 259 g/mol. The SMILES string of the molecule is CCCCNC(=O)/C(=C\c1ccccc1)CCCC. The molecule has 19 heavy (non-hydrogen) atoms. The zero-order valence-corrected chi connectivity index (χ0v) is 12.1. The molecule has 1 aromatic rings. The van der Waals surface area contributed by atoms with Gasteiger partial charge in [0.25, 0.3) is 0 Å². The summed E-state index contributed by atoms with van der Waals surface area (Å²) in [7, 11) is 0. The van der Waals surface area contributed by atoms with Gasteiger partial charge in [-0.05, 0) is 30.9 Å². The van der Waals surface area contributed by atoms with Crippen LogP contribution in [-0.4, -0.2) is 12.5 Å². The summed E-state index contributed by atoms with van der Waals surface area (Å²) in [5.74, 6) is 0.0887. The van der Waals surface area contributed by atoms with E-state index in [4.69, 9.17) is 0 Å². The Hall–Kier alpha value is -1.57. The summed E-state index contributed by atoms with van der Waals surface area (Å²) in [5, 5.41) is 3.01. The van der Waals surface area contributed by atoms with E-state index >= 15 is 0 Å². The highest BCUT2D eigenvalue weighted by atomic mass is 16.1. The minimum atomic E-state index is 0.0887. The summed E-state index contributed by atoms with van der Waals surface area (Å²) in [6.45, 7) is 5.05. The molecular weight excluding hydrogens is 234 g/mol. The van der Waals surface area contributed by atoms with Crippen LogP contribution in [0.3, 0.4) is 0 Å². The van der Waals surface area contributed by atoms with Crippen LogP contribution in [0.5, 0.6) is 0 Å². The molecular formula is C17H25NO. The van der Waals surface area contributed by atoms with Gasteiger partial charge >= 0.3 is 0 Å². The molecule has 1 amide bonds. The number of carbonyl (C=O) groups excluding carboxylic acids is 1. The van der Waals surface area contributed by atoms with Gasteiger partial charge in [0.05, 0.1) is 0 Å². The maximum atomic E-state index is 12.1. The minimum absolute atomic E-state index is 0.0887. The first-order valence-electron chi connectivity index (χ1n) is 7.31. The molecule has 2 heteroatoms. The predicted octanol–water partition coefficient (Wildman–Crippen LogP) is 4.18. The van der Waals surface area contributed by atoms with Crippen LogP contribution in [0.4, 0.5) is 0 Å². The lowest BCUT2D eigenvalue weighted by Gasteiger charge is -2.08. The molecule has 0 bridgehead atoms. The van der Waals surface area contributed by atoms with Crippen molar-refractivity contribution in [2.45, 2.75) is 46.0 Å². The van der Waals surface area contributed by atoms with Crippen LogP contribution in [0.25, 0.3) is 6.08 Å². The summed E-state index contributed by atoms with van der Waals surface area (Å²) in [6, 6.07) is 10.1. The van der Waals surface area contributed by atoms with Gasteiger partial charge in [0.15, 0.2) is 0 Å². The van der Waals surface area contributed by atoms with E-state index in [-0.39, 0.29) is 5.91 Å². The van der Waals surface area contributed by atoms with Crippen molar-refractivity contribution in [1.82, 2.24) is 5.32 Å². The molecule has 0 saturated carbocycles. The van der Waals surface area contributed by atoms with Crippen molar-refractivity contribution in [2.75, 3.05) is 6.54 Å². The molecule has 0 saturated heterocycles. The van der Waals surface area contributed by atoms with Crippen LogP contribution >= 0.6 is 0 Å². The third kappa shape index (κ3) is 6.23. The topological polar surface area (TPSA) is 29.1 Å². The Labute approximate surface area is 116 Å². The molecule has 0 aromatic heterocycles. The van der Waals surface area contributed by atoms with Crippen LogP contribution < -0.4 is 5.32 Å². The van der Waals surface area contributed by atoms with Crippen LogP contribution in [-0.2, 0) is 4.79 Å². The summed E-state index contributed by atoms with van der Waals surface area (Å²) < 4.78 is 0. The zero-order chi connectivity index (χ0) is 13.9. The van der Waals surface area contributed by atoms with Crippen molar-refractivity contribution < 1.29 is 4.79 Å². The summed E-state index contributed by atoms with van der Waals surface area (Å²) in [4.78, 5) is 12.1. The Morgan fingerprint density at radius 3 is 2.42 bits per heavy atom. The predicted molar refractivity (Wildman–Crippen MR) is 81.9 cm³/mol. The number of carbonyl (C=O) groups is 1. The maximum Gasteiger partial charge on any atom is 0.247 e. The van der Waals surface area contributed by atoms with Gasteiger partial charge in [-0.15, -0.1) is 0 Å². The fourth-order valence-corrected chi connectivity index (χ4v) is 1.86. The Morgan fingerprint density at radius 2 is 1.79 bits per heavy atom. The molecule has 0 spiro atoms. The monoisotopic (exact) mass is 259 g/mol. The molecule has 0 aliphatic heterocycles. The van der Waals surface area contributed by atoms with E-state index in [2.05, 4.69) is 19.2 Å². The number of unbranched alkanes of at least 4 members (excludes halogenated alkanes) is 2. The standard InChI is InChI=1S/C17H25NO/c1-3-5-12-16(17(19)18-13-6-4-2)14-15-10-8-7-9-11-15/h7-11,14H,3-6,12-13H2,1-2H3,(H,18,19)/b16-14-. The number of nitrogens with one attached hydrogen (secondary N) is 1. The van der Waals surface area contributed by atoms with Crippen LogP contribution in [0.1, 0.15) is 51.5 Å². The van der Waals surface area contributed by atoms with Crippen molar-refractivity contribution in [2.24, 2.45) is 0 Å². The van der Waals surface area contributed by atoms with Crippen LogP contribution in [0.2, 0.25) is 0 Å². The lowest BCUT2D eigenvalue weighted by molar-refractivity contribution is -0.117. The molecule has 1 aromatic carbocycles. The van der Waals surface area contributed by atoms with Gasteiger partial charge in [0.1, 0.15) is 0 Å². The summed E-state index contributed by atoms with van der Waals surface area (Å²) >= 11 is 0. The van der Waals surface area contributed by atoms with Gasteiger partial charge in [-0.1, -0.05) is 57.0 Å². The third-order valence-corrected chi connectivity index (χ3v) is 3.05. The second-order valence-corrected chi connectivity index (χ2v) is 4.79. The van der Waals surface area contributed by atoms with E-state index < -0.39 is 0 Å². The fourth-order valence-electron chi connectivity index (χ4n) is 1.86. The highest BCUT2D eigenvalue weighted by Crippen LogP contribution is 2.13. The molecule has 0 fully saturated rings. The van der Waals surface area contributed by atoms with E-state index in [1.54, 1.807) is 0 Å². The number of rotatable bonds is 8. The fraction of sp³-hybridized carbons (Fsp3) is 0.471. The molecule has 0 radical (unpaired) electrons. The Balaban J connectivity index is 2.70. The van der Waals surface area contributed by atoms with E-state index in [1.165, 1.54) is 0 Å². The van der Waals surface area contributed by atoms with Gasteiger partial charge in [-0.3, -0.25) is 4.79 Å². The van der Waals surface area contributed by atoms with Gasteiger partial charge in [-0.25, -0.2) is 0 Å². The molecule has 2 nitrogen and oxygen atoms in total. The third-order valence-electron chi connectivity index (χ3n) is 3.05.